The minimum atomic E-state index is 0.288. The van der Waals surface area contributed by atoms with Gasteiger partial charge in [-0.1, -0.05) is 18.2 Å². The zero-order valence-electron chi connectivity index (χ0n) is 13.8. The maximum Gasteiger partial charge on any atom is 0.223 e. The van der Waals surface area contributed by atoms with Gasteiger partial charge in [0.1, 0.15) is 0 Å². The lowest BCUT2D eigenvalue weighted by atomic mass is 9.91. The number of piperidine rings is 1. The number of carbonyl (C=O) groups is 1. The fourth-order valence-electron chi connectivity index (χ4n) is 4.44. The Kier molecular flexibility index (Phi) is 4.02. The van der Waals surface area contributed by atoms with E-state index in [2.05, 4.69) is 45.9 Å². The Labute approximate surface area is 138 Å². The van der Waals surface area contributed by atoms with Gasteiger partial charge in [-0.2, -0.15) is 0 Å². The van der Waals surface area contributed by atoms with Crippen molar-refractivity contribution in [3.05, 3.63) is 30.3 Å². The molecule has 4 heteroatoms. The number of anilines is 1. The lowest BCUT2D eigenvalue weighted by Gasteiger charge is -2.23. The van der Waals surface area contributed by atoms with Crippen molar-refractivity contribution >= 4 is 11.6 Å². The van der Waals surface area contributed by atoms with Gasteiger partial charge in [0, 0.05) is 31.2 Å². The van der Waals surface area contributed by atoms with Gasteiger partial charge >= 0.3 is 0 Å². The maximum atomic E-state index is 12.4. The Hall–Kier alpha value is -1.55. The number of para-hydroxylation sites is 1. The van der Waals surface area contributed by atoms with Crippen LogP contribution in [0.5, 0.6) is 0 Å². The number of hydrogen-bond acceptors (Lipinski definition) is 3. The number of carbonyl (C=O) groups excluding carboxylic acids is 1. The first-order chi connectivity index (χ1) is 11.3. The van der Waals surface area contributed by atoms with Gasteiger partial charge in [0.2, 0.25) is 5.91 Å². The third-order valence-electron chi connectivity index (χ3n) is 6.08. The van der Waals surface area contributed by atoms with Crippen molar-refractivity contribution in [1.82, 2.24) is 10.6 Å². The van der Waals surface area contributed by atoms with Gasteiger partial charge in [-0.3, -0.25) is 4.79 Å². The molecule has 1 saturated carbocycles. The number of nitrogens with one attached hydrogen (secondary N) is 2. The molecule has 0 aromatic heterocycles. The number of amides is 1. The minimum absolute atomic E-state index is 0.288. The number of nitrogens with zero attached hydrogens (tertiary/aromatic N) is 1. The van der Waals surface area contributed by atoms with E-state index in [1.165, 1.54) is 24.9 Å². The summed E-state index contributed by atoms with van der Waals surface area (Å²) in [5.41, 5.74) is 1.65. The van der Waals surface area contributed by atoms with Crippen LogP contribution in [0.15, 0.2) is 30.3 Å². The fraction of sp³-hybridized carbons (Fsp3) is 0.632. The second kappa shape index (κ2) is 6.16. The molecule has 1 aromatic carbocycles. The van der Waals surface area contributed by atoms with E-state index in [4.69, 9.17) is 0 Å². The van der Waals surface area contributed by atoms with Crippen LogP contribution < -0.4 is 15.5 Å². The largest absolute Gasteiger partial charge is 0.371 e. The lowest BCUT2D eigenvalue weighted by Crippen LogP contribution is -2.36. The molecule has 4 nitrogen and oxygen atoms in total. The predicted octanol–water partition coefficient (Wildman–Crippen LogP) is 2.02. The highest BCUT2D eigenvalue weighted by Crippen LogP contribution is 2.58. The van der Waals surface area contributed by atoms with Crippen LogP contribution in [0.25, 0.3) is 0 Å². The summed E-state index contributed by atoms with van der Waals surface area (Å²) in [5.74, 6) is 1.18. The topological polar surface area (TPSA) is 44.4 Å². The van der Waals surface area contributed by atoms with Crippen LogP contribution in [0.1, 0.15) is 25.7 Å². The van der Waals surface area contributed by atoms with Gasteiger partial charge in [0.25, 0.3) is 0 Å². The molecule has 1 spiro atoms. The zero-order valence-corrected chi connectivity index (χ0v) is 13.8. The molecule has 1 aromatic rings. The quantitative estimate of drug-likeness (QED) is 0.894. The second-order valence-electron chi connectivity index (χ2n) is 7.55. The smallest absolute Gasteiger partial charge is 0.223 e. The molecule has 3 aliphatic rings. The molecule has 4 rings (SSSR count). The highest BCUT2D eigenvalue weighted by Gasteiger charge is 2.57. The van der Waals surface area contributed by atoms with Crippen molar-refractivity contribution in [2.75, 3.05) is 37.6 Å². The van der Waals surface area contributed by atoms with E-state index in [0.717, 1.165) is 39.1 Å². The lowest BCUT2D eigenvalue weighted by molar-refractivity contribution is -0.123. The SMILES string of the molecule is O=C(NCC1CCN(c2ccccc2)C1)C1CC12CCNCC2. The molecule has 1 amide bonds. The highest BCUT2D eigenvalue weighted by molar-refractivity contribution is 5.82. The summed E-state index contributed by atoms with van der Waals surface area (Å²) < 4.78 is 0. The first-order valence-corrected chi connectivity index (χ1v) is 9.05. The monoisotopic (exact) mass is 313 g/mol. The van der Waals surface area contributed by atoms with Crippen LogP contribution in [-0.4, -0.2) is 38.6 Å². The molecular formula is C19H27N3O. The van der Waals surface area contributed by atoms with Crippen molar-refractivity contribution in [3.8, 4) is 0 Å². The summed E-state index contributed by atoms with van der Waals surface area (Å²) in [4.78, 5) is 14.9. The van der Waals surface area contributed by atoms with Crippen molar-refractivity contribution in [3.63, 3.8) is 0 Å². The maximum absolute atomic E-state index is 12.4. The van der Waals surface area contributed by atoms with Crippen LogP contribution >= 0.6 is 0 Å². The Morgan fingerprint density at radius 2 is 2.04 bits per heavy atom. The number of benzene rings is 1. The molecule has 0 bridgehead atoms. The molecule has 0 radical (unpaired) electrons. The van der Waals surface area contributed by atoms with Gasteiger partial charge in [-0.25, -0.2) is 0 Å². The summed E-state index contributed by atoms with van der Waals surface area (Å²) in [5, 5.41) is 6.64. The van der Waals surface area contributed by atoms with E-state index >= 15 is 0 Å². The molecule has 124 valence electrons. The van der Waals surface area contributed by atoms with Gasteiger partial charge in [0.05, 0.1) is 0 Å². The molecule has 3 fully saturated rings. The second-order valence-corrected chi connectivity index (χ2v) is 7.55. The zero-order chi connectivity index (χ0) is 15.7. The van der Waals surface area contributed by atoms with Gasteiger partial charge in [0.15, 0.2) is 0 Å². The molecule has 2 saturated heterocycles. The predicted molar refractivity (Wildman–Crippen MR) is 92.4 cm³/mol. The molecule has 1 aliphatic carbocycles. The summed E-state index contributed by atoms with van der Waals surface area (Å²) in [6, 6.07) is 10.6. The summed E-state index contributed by atoms with van der Waals surface area (Å²) in [6.45, 7) is 5.16. The summed E-state index contributed by atoms with van der Waals surface area (Å²) >= 11 is 0. The van der Waals surface area contributed by atoms with E-state index in [1.54, 1.807) is 0 Å². The van der Waals surface area contributed by atoms with E-state index in [-0.39, 0.29) is 5.92 Å². The molecule has 2 unspecified atom stereocenters. The van der Waals surface area contributed by atoms with Crippen LogP contribution in [-0.2, 0) is 4.79 Å². The van der Waals surface area contributed by atoms with Crippen molar-refractivity contribution in [2.24, 2.45) is 17.3 Å². The average Bonchev–Trinajstić information content (AvgIpc) is 3.08. The summed E-state index contributed by atoms with van der Waals surface area (Å²) in [6.07, 6.45) is 4.64. The molecule has 2 heterocycles. The molecular weight excluding hydrogens is 286 g/mol. The van der Waals surface area contributed by atoms with Crippen LogP contribution in [0, 0.1) is 17.3 Å². The minimum Gasteiger partial charge on any atom is -0.371 e. The average molecular weight is 313 g/mol. The van der Waals surface area contributed by atoms with Crippen LogP contribution in [0.4, 0.5) is 5.69 Å². The molecule has 23 heavy (non-hydrogen) atoms. The Bertz CT molecular complexity index is 553. The van der Waals surface area contributed by atoms with E-state index in [0.29, 0.717) is 17.2 Å². The third-order valence-corrected chi connectivity index (χ3v) is 6.08. The van der Waals surface area contributed by atoms with Gasteiger partial charge < -0.3 is 15.5 Å². The van der Waals surface area contributed by atoms with Crippen molar-refractivity contribution < 1.29 is 4.79 Å². The normalized spacial score (nSPS) is 28.8. The first-order valence-electron chi connectivity index (χ1n) is 9.05. The first kappa shape index (κ1) is 15.0. The summed E-state index contributed by atoms with van der Waals surface area (Å²) in [7, 11) is 0. The van der Waals surface area contributed by atoms with E-state index in [1.807, 2.05) is 0 Å². The Balaban J connectivity index is 1.24. The Morgan fingerprint density at radius 3 is 2.83 bits per heavy atom. The number of hydrogen-bond donors (Lipinski definition) is 2. The van der Waals surface area contributed by atoms with Crippen LogP contribution in [0.2, 0.25) is 0 Å². The van der Waals surface area contributed by atoms with Crippen LogP contribution in [0.3, 0.4) is 0 Å². The third kappa shape index (κ3) is 3.09. The number of rotatable bonds is 4. The molecule has 2 atom stereocenters. The van der Waals surface area contributed by atoms with E-state index in [9.17, 15) is 4.79 Å². The van der Waals surface area contributed by atoms with Crippen molar-refractivity contribution in [2.45, 2.75) is 25.7 Å². The molecule has 2 aliphatic heterocycles. The fourth-order valence-corrected chi connectivity index (χ4v) is 4.44. The standard InChI is InChI=1S/C19H27N3O/c23-18(17-12-19(17)7-9-20-10-8-19)21-13-15-6-11-22(14-15)16-4-2-1-3-5-16/h1-5,15,17,20H,6-14H2,(H,21,23). The Morgan fingerprint density at radius 1 is 1.26 bits per heavy atom. The van der Waals surface area contributed by atoms with Gasteiger partial charge in [-0.05, 0) is 62.2 Å². The van der Waals surface area contributed by atoms with Crippen molar-refractivity contribution in [1.29, 1.82) is 0 Å². The van der Waals surface area contributed by atoms with Gasteiger partial charge in [-0.15, -0.1) is 0 Å². The van der Waals surface area contributed by atoms with E-state index < -0.39 is 0 Å². The highest BCUT2D eigenvalue weighted by atomic mass is 16.2. The molecule has 2 N–H and O–H groups in total.